The number of nitrogens with one attached hydrogen (secondary N) is 3. The zero-order valence-corrected chi connectivity index (χ0v) is 19.2. The predicted octanol–water partition coefficient (Wildman–Crippen LogP) is 3.92. The molecule has 1 aliphatic heterocycles. The van der Waals surface area contributed by atoms with Gasteiger partial charge in [-0.05, 0) is 48.5 Å². The van der Waals surface area contributed by atoms with Crippen LogP contribution in [0.25, 0.3) is 0 Å². The molecule has 2 aromatic carbocycles. The van der Waals surface area contributed by atoms with E-state index in [4.69, 9.17) is 9.47 Å². The normalized spacial score (nSPS) is 13.0. The van der Waals surface area contributed by atoms with Crippen molar-refractivity contribution < 1.29 is 27.5 Å². The lowest BCUT2D eigenvalue weighted by atomic mass is 10.3. The Balaban J connectivity index is 1.42. The number of rotatable bonds is 6. The van der Waals surface area contributed by atoms with Crippen molar-refractivity contribution in [2.45, 2.75) is 18.2 Å². The predicted molar refractivity (Wildman–Crippen MR) is 126 cm³/mol. The summed E-state index contributed by atoms with van der Waals surface area (Å²) in [6, 6.07) is 14.0. The summed E-state index contributed by atoms with van der Waals surface area (Å²) in [6.45, 7) is 2.37. The number of sulfonamides is 1. The summed E-state index contributed by atoms with van der Waals surface area (Å²) >= 11 is 1.15. The van der Waals surface area contributed by atoms with Gasteiger partial charge in [0.25, 0.3) is 15.9 Å². The fourth-order valence-corrected chi connectivity index (χ4v) is 4.96. The van der Waals surface area contributed by atoms with Crippen LogP contribution in [0.1, 0.15) is 23.0 Å². The molecule has 9 nitrogen and oxygen atoms in total. The lowest BCUT2D eigenvalue weighted by Gasteiger charge is -2.12. The second-order valence-corrected chi connectivity index (χ2v) is 9.91. The number of amides is 2. The van der Waals surface area contributed by atoms with Crippen molar-refractivity contribution in [3.8, 4) is 11.5 Å². The minimum atomic E-state index is -3.85. The Hall–Kier alpha value is -3.57. The topological polar surface area (TPSA) is 123 Å². The number of thiophene rings is 1. The first-order valence-corrected chi connectivity index (χ1v) is 12.3. The summed E-state index contributed by atoms with van der Waals surface area (Å²) in [5.41, 5.74) is 0.831. The highest BCUT2D eigenvalue weighted by Crippen LogP contribution is 2.32. The summed E-state index contributed by atoms with van der Waals surface area (Å²) in [7, 11) is -3.85. The van der Waals surface area contributed by atoms with Crippen molar-refractivity contribution in [1.82, 2.24) is 0 Å². The number of fused-ring (bicyclic) bond motifs is 1. The summed E-state index contributed by atoms with van der Waals surface area (Å²) < 4.78 is 39.2. The zero-order valence-electron chi connectivity index (χ0n) is 17.6. The van der Waals surface area contributed by atoms with E-state index in [2.05, 4.69) is 15.4 Å². The van der Waals surface area contributed by atoms with Crippen molar-refractivity contribution in [1.29, 1.82) is 0 Å². The molecule has 0 radical (unpaired) electrons. The van der Waals surface area contributed by atoms with Crippen molar-refractivity contribution in [3.05, 3.63) is 59.5 Å². The van der Waals surface area contributed by atoms with Gasteiger partial charge in [-0.3, -0.25) is 14.3 Å². The first-order valence-electron chi connectivity index (χ1n) is 10.0. The van der Waals surface area contributed by atoms with Crippen LogP contribution in [0.5, 0.6) is 11.5 Å². The highest BCUT2D eigenvalue weighted by atomic mass is 32.2. The number of anilines is 3. The van der Waals surface area contributed by atoms with Gasteiger partial charge in [-0.2, -0.15) is 0 Å². The highest BCUT2D eigenvalue weighted by Gasteiger charge is 2.19. The molecular weight excluding hydrogens is 466 g/mol. The van der Waals surface area contributed by atoms with Gasteiger partial charge >= 0.3 is 0 Å². The lowest BCUT2D eigenvalue weighted by molar-refractivity contribution is -0.114. The van der Waals surface area contributed by atoms with E-state index in [1.807, 2.05) is 0 Å². The molecule has 0 saturated carbocycles. The average molecular weight is 488 g/mol. The number of carbonyl (C=O) groups excluding carboxylic acids is 2. The number of ether oxygens (including phenoxy) is 2. The minimum Gasteiger partial charge on any atom is -0.490 e. The number of carbonyl (C=O) groups is 2. The van der Waals surface area contributed by atoms with Crippen LogP contribution in [0.15, 0.2) is 59.5 Å². The van der Waals surface area contributed by atoms with E-state index in [0.717, 1.165) is 17.8 Å². The van der Waals surface area contributed by atoms with E-state index in [-0.39, 0.29) is 16.7 Å². The van der Waals surface area contributed by atoms with Gasteiger partial charge in [-0.15, -0.1) is 11.3 Å². The molecule has 4 rings (SSSR count). The van der Waals surface area contributed by atoms with Gasteiger partial charge in [-0.1, -0.05) is 0 Å². The summed E-state index contributed by atoms with van der Waals surface area (Å²) in [5.74, 6) is 0.357. The van der Waals surface area contributed by atoms with Crippen LogP contribution in [0, 0.1) is 0 Å². The standard InChI is InChI=1S/C22H21N3O6S2/c1-14(26)23-21-10-9-20(32-21)22(27)24-15-3-5-16(6-4-15)25-33(28,29)17-7-8-18-19(13-17)31-12-2-11-30-18/h3-10,13,25H,2,11-12H2,1H3,(H,23,26)(H,24,27). The molecule has 2 amide bonds. The summed E-state index contributed by atoms with van der Waals surface area (Å²) in [6.07, 6.45) is 0.723. The SMILES string of the molecule is CC(=O)Nc1ccc(C(=O)Nc2ccc(NS(=O)(=O)c3ccc4c(c3)OCCCO4)cc2)s1. The van der Waals surface area contributed by atoms with Gasteiger partial charge < -0.3 is 20.1 Å². The molecule has 33 heavy (non-hydrogen) atoms. The Labute approximate surface area is 194 Å². The largest absolute Gasteiger partial charge is 0.490 e. The van der Waals surface area contributed by atoms with Gasteiger partial charge in [-0.25, -0.2) is 8.42 Å². The molecule has 0 fully saturated rings. The van der Waals surface area contributed by atoms with Crippen molar-refractivity contribution >= 4 is 49.6 Å². The highest BCUT2D eigenvalue weighted by molar-refractivity contribution is 7.92. The first-order chi connectivity index (χ1) is 15.8. The van der Waals surface area contributed by atoms with E-state index in [9.17, 15) is 18.0 Å². The van der Waals surface area contributed by atoms with Crippen LogP contribution in [-0.2, 0) is 14.8 Å². The molecule has 1 aromatic heterocycles. The van der Waals surface area contributed by atoms with E-state index >= 15 is 0 Å². The first kappa shape index (κ1) is 22.6. The Morgan fingerprint density at radius 3 is 2.30 bits per heavy atom. The molecule has 0 saturated heterocycles. The smallest absolute Gasteiger partial charge is 0.265 e. The third-order valence-electron chi connectivity index (χ3n) is 4.55. The second-order valence-electron chi connectivity index (χ2n) is 7.14. The maximum absolute atomic E-state index is 12.8. The van der Waals surface area contributed by atoms with Crippen LogP contribution < -0.4 is 24.8 Å². The van der Waals surface area contributed by atoms with Crippen LogP contribution in [0.4, 0.5) is 16.4 Å². The molecule has 2 heterocycles. The third-order valence-corrected chi connectivity index (χ3v) is 6.93. The molecule has 0 atom stereocenters. The molecule has 172 valence electrons. The third kappa shape index (κ3) is 5.62. The van der Waals surface area contributed by atoms with Gasteiger partial charge in [0.15, 0.2) is 11.5 Å². The molecule has 0 spiro atoms. The average Bonchev–Trinajstić information content (AvgIpc) is 3.10. The maximum atomic E-state index is 12.8. The summed E-state index contributed by atoms with van der Waals surface area (Å²) in [4.78, 5) is 24.0. The fourth-order valence-electron chi connectivity index (χ4n) is 3.04. The van der Waals surface area contributed by atoms with Crippen molar-refractivity contribution in [3.63, 3.8) is 0 Å². The van der Waals surface area contributed by atoms with Gasteiger partial charge in [0.05, 0.1) is 28.0 Å². The number of hydrogen-bond donors (Lipinski definition) is 3. The Bertz CT molecular complexity index is 1290. The summed E-state index contributed by atoms with van der Waals surface area (Å²) in [5, 5.41) is 5.94. The van der Waals surface area contributed by atoms with Crippen LogP contribution in [-0.4, -0.2) is 33.4 Å². The van der Waals surface area contributed by atoms with E-state index < -0.39 is 10.0 Å². The lowest BCUT2D eigenvalue weighted by Crippen LogP contribution is -2.13. The van der Waals surface area contributed by atoms with Gasteiger partial charge in [0.2, 0.25) is 5.91 Å². The Morgan fingerprint density at radius 1 is 0.879 bits per heavy atom. The van der Waals surface area contributed by atoms with E-state index in [0.29, 0.717) is 46.0 Å². The molecule has 1 aliphatic rings. The quantitative estimate of drug-likeness (QED) is 0.484. The Kier molecular flexibility index (Phi) is 6.52. The van der Waals surface area contributed by atoms with E-state index in [1.54, 1.807) is 42.5 Å². The van der Waals surface area contributed by atoms with Gasteiger partial charge in [0.1, 0.15) is 0 Å². The van der Waals surface area contributed by atoms with Crippen LogP contribution in [0.3, 0.4) is 0 Å². The molecule has 3 N–H and O–H groups in total. The van der Waals surface area contributed by atoms with E-state index in [1.165, 1.54) is 19.1 Å². The molecule has 0 aliphatic carbocycles. The molecule has 0 bridgehead atoms. The Morgan fingerprint density at radius 2 is 1.58 bits per heavy atom. The molecular formula is C22H21N3O6S2. The van der Waals surface area contributed by atoms with Crippen LogP contribution >= 0.6 is 11.3 Å². The molecule has 11 heteroatoms. The zero-order chi connectivity index (χ0) is 23.4. The monoisotopic (exact) mass is 487 g/mol. The van der Waals surface area contributed by atoms with Gasteiger partial charge in [0, 0.05) is 30.8 Å². The number of hydrogen-bond acceptors (Lipinski definition) is 7. The maximum Gasteiger partial charge on any atom is 0.265 e. The fraction of sp³-hybridized carbons (Fsp3) is 0.182. The number of benzene rings is 2. The second kappa shape index (κ2) is 9.51. The minimum absolute atomic E-state index is 0.0526. The van der Waals surface area contributed by atoms with Crippen molar-refractivity contribution in [2.75, 3.05) is 28.6 Å². The van der Waals surface area contributed by atoms with Crippen molar-refractivity contribution in [2.24, 2.45) is 0 Å². The van der Waals surface area contributed by atoms with Crippen LogP contribution in [0.2, 0.25) is 0 Å². The molecule has 3 aromatic rings. The molecule has 0 unspecified atom stereocenters.